The minimum absolute atomic E-state index is 0.121. The summed E-state index contributed by atoms with van der Waals surface area (Å²) in [5.74, 6) is 0.153. The maximum Gasteiger partial charge on any atom is 0.257 e. The van der Waals surface area contributed by atoms with E-state index in [1.54, 1.807) is 11.0 Å². The monoisotopic (exact) mass is 445 g/mol. The zero-order chi connectivity index (χ0) is 23.3. The van der Waals surface area contributed by atoms with Crippen molar-refractivity contribution >= 4 is 35.1 Å². The summed E-state index contributed by atoms with van der Waals surface area (Å²) in [5, 5.41) is 6.01. The highest BCUT2D eigenvalue weighted by Crippen LogP contribution is 2.52. The van der Waals surface area contributed by atoms with Crippen molar-refractivity contribution in [2.75, 3.05) is 11.9 Å². The van der Waals surface area contributed by atoms with Crippen LogP contribution >= 0.6 is 0 Å². The maximum absolute atomic E-state index is 13.8. The molecule has 1 aromatic rings. The summed E-state index contributed by atoms with van der Waals surface area (Å²) in [6.45, 7) is 8.45. The van der Waals surface area contributed by atoms with Crippen molar-refractivity contribution in [3.8, 4) is 5.75 Å². The van der Waals surface area contributed by atoms with E-state index in [2.05, 4.69) is 10.6 Å². The maximum atomic E-state index is 13.8. The summed E-state index contributed by atoms with van der Waals surface area (Å²) in [7, 11) is 0. The van der Waals surface area contributed by atoms with Gasteiger partial charge in [0.1, 0.15) is 16.9 Å². The van der Waals surface area contributed by atoms with E-state index in [4.69, 9.17) is 4.74 Å². The van der Waals surface area contributed by atoms with Crippen LogP contribution < -0.4 is 15.4 Å². The highest BCUT2D eigenvalue weighted by molar-refractivity contribution is 6.33. The van der Waals surface area contributed by atoms with Crippen molar-refractivity contribution < 1.29 is 19.1 Å². The zero-order valence-corrected chi connectivity index (χ0v) is 19.3. The van der Waals surface area contributed by atoms with Gasteiger partial charge < -0.3 is 20.3 Å². The first kappa shape index (κ1) is 20.3. The molecule has 4 saturated heterocycles. The van der Waals surface area contributed by atoms with Gasteiger partial charge in [-0.15, -0.1) is 0 Å². The Kier molecular flexibility index (Phi) is 3.78. The molecule has 0 aliphatic carbocycles. The van der Waals surface area contributed by atoms with Crippen molar-refractivity contribution in [2.24, 2.45) is 0 Å². The molecule has 2 atom stereocenters. The molecule has 2 N–H and O–H groups in total. The van der Waals surface area contributed by atoms with Crippen LogP contribution in [0.3, 0.4) is 0 Å². The molecular weight excluding hydrogens is 418 g/mol. The number of allylic oxidation sites excluding steroid dienone is 1. The van der Waals surface area contributed by atoms with Crippen LogP contribution in [0, 0.1) is 0 Å². The van der Waals surface area contributed by atoms with Crippen LogP contribution in [0.5, 0.6) is 5.75 Å². The number of amides is 3. The Bertz CT molecular complexity index is 1270. The second-order valence-corrected chi connectivity index (χ2v) is 10.5. The molecule has 4 fully saturated rings. The number of carbonyl (C=O) groups is 3. The first-order valence-corrected chi connectivity index (χ1v) is 11.5. The lowest BCUT2D eigenvalue weighted by molar-refractivity contribution is -0.160. The van der Waals surface area contributed by atoms with E-state index in [1.165, 1.54) is 0 Å². The molecule has 33 heavy (non-hydrogen) atoms. The number of ether oxygens (including phenoxy) is 1. The molecule has 1 aromatic carbocycles. The Labute approximate surface area is 192 Å². The third-order valence-corrected chi connectivity index (χ3v) is 7.72. The molecule has 170 valence electrons. The van der Waals surface area contributed by atoms with E-state index in [0.717, 1.165) is 23.1 Å². The fourth-order valence-electron chi connectivity index (χ4n) is 6.11. The van der Waals surface area contributed by atoms with Gasteiger partial charge in [-0.1, -0.05) is 5.57 Å². The lowest BCUT2D eigenvalue weighted by atomic mass is 9.66. The standard InChI is InChI=1S/C26H27N3O4/c1-14(2)18-13-25-9-5-11-29(25)23(32)26(18,28-22(25)31)12-17-15-6-7-19-16(20(15)27-21(17)30)8-10-24(3,4)33-19/h6-8,10,12H,5,9,11,13H2,1-4H3,(H,27,30)(H,28,31)/b17-12-/t25-,26-/m0/s1. The van der Waals surface area contributed by atoms with Crippen molar-refractivity contribution in [1.82, 2.24) is 10.2 Å². The van der Waals surface area contributed by atoms with Crippen LogP contribution in [0.2, 0.25) is 0 Å². The molecule has 6 aliphatic rings. The molecule has 0 unspecified atom stereocenters. The molecule has 0 saturated carbocycles. The average Bonchev–Trinajstić information content (AvgIpc) is 3.31. The largest absolute Gasteiger partial charge is 0.483 e. The Morgan fingerprint density at radius 3 is 2.73 bits per heavy atom. The zero-order valence-electron chi connectivity index (χ0n) is 19.3. The number of piperazine rings is 1. The topological polar surface area (TPSA) is 87.7 Å². The van der Waals surface area contributed by atoms with E-state index in [-0.39, 0.29) is 17.7 Å². The fourth-order valence-corrected chi connectivity index (χ4v) is 6.11. The van der Waals surface area contributed by atoms with Gasteiger partial charge in [-0.25, -0.2) is 0 Å². The van der Waals surface area contributed by atoms with Gasteiger partial charge in [0.15, 0.2) is 5.54 Å². The minimum atomic E-state index is -1.33. The smallest absolute Gasteiger partial charge is 0.257 e. The van der Waals surface area contributed by atoms with Gasteiger partial charge in [-0.3, -0.25) is 14.4 Å². The predicted molar refractivity (Wildman–Crippen MR) is 124 cm³/mol. The number of hydrogen-bond donors (Lipinski definition) is 2. The van der Waals surface area contributed by atoms with Gasteiger partial charge in [0.25, 0.3) is 11.8 Å². The van der Waals surface area contributed by atoms with Gasteiger partial charge in [-0.2, -0.15) is 0 Å². The summed E-state index contributed by atoms with van der Waals surface area (Å²) >= 11 is 0. The van der Waals surface area contributed by atoms with Crippen molar-refractivity contribution in [1.29, 1.82) is 0 Å². The van der Waals surface area contributed by atoms with Gasteiger partial charge in [0.05, 0.1) is 5.69 Å². The number of nitrogens with zero attached hydrogens (tertiary/aromatic N) is 1. The lowest BCUT2D eigenvalue weighted by Crippen LogP contribution is -2.78. The number of hydrogen-bond acceptors (Lipinski definition) is 4. The van der Waals surface area contributed by atoms with Gasteiger partial charge in [-0.05, 0) is 76.5 Å². The molecule has 6 heterocycles. The Morgan fingerprint density at radius 1 is 1.18 bits per heavy atom. The van der Waals surface area contributed by atoms with Crippen LogP contribution in [0.1, 0.15) is 58.1 Å². The molecule has 1 spiro atoms. The van der Waals surface area contributed by atoms with E-state index >= 15 is 0 Å². The second-order valence-electron chi connectivity index (χ2n) is 10.5. The number of carbonyl (C=O) groups excluding carboxylic acids is 3. The van der Waals surface area contributed by atoms with Gasteiger partial charge in [0.2, 0.25) is 5.91 Å². The summed E-state index contributed by atoms with van der Waals surface area (Å²) in [5.41, 5.74) is 1.93. The van der Waals surface area contributed by atoms with Crippen molar-refractivity contribution in [3.63, 3.8) is 0 Å². The lowest BCUT2D eigenvalue weighted by Gasteiger charge is -2.56. The molecule has 7 heteroatoms. The molecule has 7 nitrogen and oxygen atoms in total. The minimum Gasteiger partial charge on any atom is -0.483 e. The SMILES string of the molecule is CC(C)=C1C[C@]23CCCN2C(=O)[C@@]1(/C=C1\C(=O)Nc2c1ccc1c2C=CC(C)(C)O1)NC3=O. The second kappa shape index (κ2) is 6.16. The van der Waals surface area contributed by atoms with Crippen LogP contribution in [-0.4, -0.2) is 45.8 Å². The Morgan fingerprint density at radius 2 is 1.97 bits per heavy atom. The molecule has 0 aromatic heterocycles. The molecule has 7 rings (SSSR count). The third-order valence-electron chi connectivity index (χ3n) is 7.72. The Hall–Kier alpha value is -3.35. The summed E-state index contributed by atoms with van der Waals surface area (Å²) in [6.07, 6.45) is 7.60. The molecule has 2 bridgehead atoms. The van der Waals surface area contributed by atoms with Crippen molar-refractivity contribution in [3.05, 3.63) is 46.6 Å². The van der Waals surface area contributed by atoms with Crippen LogP contribution in [-0.2, 0) is 14.4 Å². The first-order valence-electron chi connectivity index (χ1n) is 11.5. The number of piperidine rings is 2. The third kappa shape index (κ3) is 2.48. The number of anilines is 1. The fraction of sp³-hybridized carbons (Fsp3) is 0.423. The molecule has 3 amide bonds. The summed E-state index contributed by atoms with van der Waals surface area (Å²) in [4.78, 5) is 42.0. The van der Waals surface area contributed by atoms with Crippen LogP contribution in [0.15, 0.2) is 35.4 Å². The molecular formula is C26H27N3O4. The number of rotatable bonds is 1. The number of benzene rings is 1. The molecule has 6 aliphatic heterocycles. The summed E-state index contributed by atoms with van der Waals surface area (Å²) < 4.78 is 6.06. The highest BCUT2D eigenvalue weighted by atomic mass is 16.5. The van der Waals surface area contributed by atoms with Gasteiger partial charge in [0, 0.05) is 29.7 Å². The average molecular weight is 446 g/mol. The highest BCUT2D eigenvalue weighted by Gasteiger charge is 2.66. The number of fused-ring (bicyclic) bond motifs is 5. The van der Waals surface area contributed by atoms with Crippen molar-refractivity contribution in [2.45, 2.75) is 63.6 Å². The van der Waals surface area contributed by atoms with Crippen LogP contribution in [0.4, 0.5) is 5.69 Å². The molecule has 0 radical (unpaired) electrons. The Balaban J connectivity index is 1.53. The quantitative estimate of drug-likeness (QED) is 0.513. The van der Waals surface area contributed by atoms with E-state index < -0.39 is 16.7 Å². The number of nitrogens with one attached hydrogen (secondary N) is 2. The summed E-state index contributed by atoms with van der Waals surface area (Å²) in [6, 6.07) is 3.71. The normalized spacial score (nSPS) is 31.8. The van der Waals surface area contributed by atoms with Crippen LogP contribution in [0.25, 0.3) is 11.6 Å². The van der Waals surface area contributed by atoms with Gasteiger partial charge >= 0.3 is 0 Å². The van der Waals surface area contributed by atoms with E-state index in [1.807, 2.05) is 52.0 Å². The van der Waals surface area contributed by atoms with E-state index in [0.29, 0.717) is 42.0 Å². The predicted octanol–water partition coefficient (Wildman–Crippen LogP) is 3.18. The van der Waals surface area contributed by atoms with E-state index in [9.17, 15) is 14.4 Å². The first-order chi connectivity index (χ1) is 15.6.